The van der Waals surface area contributed by atoms with E-state index >= 15 is 0 Å². The van der Waals surface area contributed by atoms with Crippen molar-refractivity contribution < 1.29 is 14.3 Å². The number of benzene rings is 2. The Morgan fingerprint density at radius 2 is 1.96 bits per heavy atom. The molecule has 2 rings (SSSR count). The van der Waals surface area contributed by atoms with E-state index in [4.69, 9.17) is 21.7 Å². The molecule has 2 aromatic rings. The number of anilines is 1. The zero-order chi connectivity index (χ0) is 20.4. The minimum absolute atomic E-state index is 0.214. The Bertz CT molecular complexity index is 814. The third kappa shape index (κ3) is 7.13. The summed E-state index contributed by atoms with van der Waals surface area (Å²) in [6, 6.07) is 12.5. The van der Waals surface area contributed by atoms with Gasteiger partial charge in [-0.1, -0.05) is 32.3 Å². The number of nitrogens with one attached hydrogen (secondary N) is 2. The molecule has 2 aromatic carbocycles. The number of carbonyl (C=O) groups excluding carboxylic acids is 1. The highest BCUT2D eigenvalue weighted by Crippen LogP contribution is 2.26. The lowest BCUT2D eigenvalue weighted by Gasteiger charge is -2.12. The van der Waals surface area contributed by atoms with E-state index in [9.17, 15) is 4.79 Å². The predicted octanol–water partition coefficient (Wildman–Crippen LogP) is 5.54. The van der Waals surface area contributed by atoms with Crippen molar-refractivity contribution in [1.82, 2.24) is 5.32 Å². The highest BCUT2D eigenvalue weighted by molar-refractivity contribution is 9.10. The van der Waals surface area contributed by atoms with Gasteiger partial charge in [-0.05, 0) is 64.9 Å². The molecule has 0 aliphatic rings. The van der Waals surface area contributed by atoms with Crippen LogP contribution in [-0.4, -0.2) is 24.7 Å². The maximum absolute atomic E-state index is 12.4. The molecule has 0 aromatic heterocycles. The number of carbonyl (C=O) groups is 1. The summed E-state index contributed by atoms with van der Waals surface area (Å²) in [6.07, 6.45) is 4.59. The smallest absolute Gasteiger partial charge is 0.257 e. The van der Waals surface area contributed by atoms with E-state index in [1.807, 2.05) is 18.2 Å². The number of thiocarbonyl (C=S) groups is 1. The van der Waals surface area contributed by atoms with Crippen LogP contribution >= 0.6 is 28.1 Å². The molecule has 5 nitrogen and oxygen atoms in total. The molecule has 1 amide bonds. The molecule has 0 saturated carbocycles. The van der Waals surface area contributed by atoms with Gasteiger partial charge < -0.3 is 14.8 Å². The molecule has 7 heteroatoms. The van der Waals surface area contributed by atoms with Crippen molar-refractivity contribution in [2.45, 2.75) is 32.6 Å². The van der Waals surface area contributed by atoms with Gasteiger partial charge in [0.1, 0.15) is 11.5 Å². The van der Waals surface area contributed by atoms with E-state index in [1.54, 1.807) is 31.4 Å². The summed E-state index contributed by atoms with van der Waals surface area (Å²) in [4.78, 5) is 12.4. The quantitative estimate of drug-likeness (QED) is 0.376. The lowest BCUT2D eigenvalue weighted by atomic mass is 10.2. The monoisotopic (exact) mass is 464 g/mol. The minimum atomic E-state index is -0.296. The molecule has 28 heavy (non-hydrogen) atoms. The topological polar surface area (TPSA) is 59.6 Å². The second kappa shape index (κ2) is 11.7. The van der Waals surface area contributed by atoms with Crippen LogP contribution in [0.4, 0.5) is 5.69 Å². The summed E-state index contributed by atoms with van der Waals surface area (Å²) in [7, 11) is 1.59. The molecule has 0 aliphatic heterocycles. The Morgan fingerprint density at radius 3 is 2.68 bits per heavy atom. The van der Waals surface area contributed by atoms with E-state index in [0.717, 1.165) is 28.8 Å². The largest absolute Gasteiger partial charge is 0.497 e. The zero-order valence-electron chi connectivity index (χ0n) is 16.1. The van der Waals surface area contributed by atoms with E-state index in [2.05, 4.69) is 33.5 Å². The van der Waals surface area contributed by atoms with E-state index < -0.39 is 0 Å². The summed E-state index contributed by atoms with van der Waals surface area (Å²) in [5.41, 5.74) is 1.22. The summed E-state index contributed by atoms with van der Waals surface area (Å²) >= 11 is 8.69. The first-order valence-electron chi connectivity index (χ1n) is 9.22. The summed E-state index contributed by atoms with van der Waals surface area (Å²) in [5, 5.41) is 5.86. The molecule has 150 valence electrons. The lowest BCUT2D eigenvalue weighted by molar-refractivity contribution is 0.0977. The van der Waals surface area contributed by atoms with E-state index in [0.29, 0.717) is 17.9 Å². The van der Waals surface area contributed by atoms with Gasteiger partial charge in [0.25, 0.3) is 5.91 Å². The molecule has 0 aliphatic carbocycles. The molecular weight excluding hydrogens is 440 g/mol. The number of hydrogen-bond acceptors (Lipinski definition) is 4. The van der Waals surface area contributed by atoms with Gasteiger partial charge in [0.05, 0.1) is 18.2 Å². The standard InChI is InChI=1S/C21H25BrN2O3S/c1-3-4-5-6-12-27-19-11-10-15(13-18(19)22)20(25)24-21(28)23-16-8-7-9-17(14-16)26-2/h7-11,13-14H,3-6,12H2,1-2H3,(H2,23,24,25,28). The van der Waals surface area contributed by atoms with Gasteiger partial charge in [-0.2, -0.15) is 0 Å². The van der Waals surface area contributed by atoms with Crippen molar-refractivity contribution in [2.75, 3.05) is 19.0 Å². The Labute approximate surface area is 179 Å². The Hall–Kier alpha value is -2.12. The summed E-state index contributed by atoms with van der Waals surface area (Å²) in [6.45, 7) is 2.85. The fourth-order valence-corrected chi connectivity index (χ4v) is 3.21. The van der Waals surface area contributed by atoms with Crippen molar-refractivity contribution in [3.05, 3.63) is 52.5 Å². The Morgan fingerprint density at radius 1 is 1.14 bits per heavy atom. The zero-order valence-corrected chi connectivity index (χ0v) is 18.5. The SMILES string of the molecule is CCCCCCOc1ccc(C(=O)NC(=S)Nc2cccc(OC)c2)cc1Br. The third-order valence-corrected chi connectivity index (χ3v) is 4.83. The predicted molar refractivity (Wildman–Crippen MR) is 120 cm³/mol. The lowest BCUT2D eigenvalue weighted by Crippen LogP contribution is -2.34. The molecule has 0 bridgehead atoms. The molecule has 0 spiro atoms. The van der Waals surface area contributed by atoms with Gasteiger partial charge >= 0.3 is 0 Å². The van der Waals surface area contributed by atoms with E-state index in [1.165, 1.54) is 12.8 Å². The molecule has 0 fully saturated rings. The van der Waals surface area contributed by atoms with Crippen molar-refractivity contribution in [1.29, 1.82) is 0 Å². The van der Waals surface area contributed by atoms with Crippen LogP contribution in [0.5, 0.6) is 11.5 Å². The first-order chi connectivity index (χ1) is 13.5. The first kappa shape index (κ1) is 22.2. The van der Waals surface area contributed by atoms with Crippen molar-refractivity contribution in [2.24, 2.45) is 0 Å². The normalized spacial score (nSPS) is 10.2. The van der Waals surface area contributed by atoms with Crippen molar-refractivity contribution >= 4 is 44.9 Å². The molecule has 2 N–H and O–H groups in total. The van der Waals surface area contributed by atoms with Gasteiger partial charge in [0.2, 0.25) is 0 Å². The Kier molecular flexibility index (Phi) is 9.23. The fraction of sp³-hybridized carbons (Fsp3) is 0.333. The van der Waals surface area contributed by atoms with Crippen LogP contribution in [0, 0.1) is 0 Å². The van der Waals surface area contributed by atoms with Gasteiger partial charge in [-0.15, -0.1) is 0 Å². The summed E-state index contributed by atoms with van der Waals surface area (Å²) in [5.74, 6) is 1.13. The van der Waals surface area contributed by atoms with E-state index in [-0.39, 0.29) is 11.0 Å². The Balaban J connectivity index is 1.89. The van der Waals surface area contributed by atoms with Crippen LogP contribution in [0.3, 0.4) is 0 Å². The van der Waals surface area contributed by atoms with Crippen LogP contribution < -0.4 is 20.1 Å². The number of hydrogen-bond donors (Lipinski definition) is 2. The van der Waals surface area contributed by atoms with Crippen LogP contribution in [0.15, 0.2) is 46.9 Å². The van der Waals surface area contributed by atoms with Gasteiger partial charge in [-0.3, -0.25) is 10.1 Å². The third-order valence-electron chi connectivity index (χ3n) is 4.00. The van der Waals surface area contributed by atoms with Gasteiger partial charge in [0.15, 0.2) is 5.11 Å². The van der Waals surface area contributed by atoms with Gasteiger partial charge in [0, 0.05) is 17.3 Å². The maximum Gasteiger partial charge on any atom is 0.257 e. The van der Waals surface area contributed by atoms with Crippen molar-refractivity contribution in [3.8, 4) is 11.5 Å². The molecule has 0 heterocycles. The average molecular weight is 465 g/mol. The molecule has 0 unspecified atom stereocenters. The van der Waals surface area contributed by atoms with Crippen LogP contribution in [0.25, 0.3) is 0 Å². The average Bonchev–Trinajstić information content (AvgIpc) is 2.68. The first-order valence-corrected chi connectivity index (χ1v) is 10.4. The highest BCUT2D eigenvalue weighted by Gasteiger charge is 2.11. The number of ether oxygens (including phenoxy) is 2. The minimum Gasteiger partial charge on any atom is -0.497 e. The van der Waals surface area contributed by atoms with Crippen molar-refractivity contribution in [3.63, 3.8) is 0 Å². The number of halogens is 1. The fourth-order valence-electron chi connectivity index (χ4n) is 2.51. The molecule has 0 atom stereocenters. The second-order valence-corrected chi connectivity index (χ2v) is 7.46. The number of unbranched alkanes of at least 4 members (excludes halogenated alkanes) is 3. The summed E-state index contributed by atoms with van der Waals surface area (Å²) < 4.78 is 11.7. The van der Waals surface area contributed by atoms with Crippen LogP contribution in [-0.2, 0) is 0 Å². The van der Waals surface area contributed by atoms with Crippen LogP contribution in [0.2, 0.25) is 0 Å². The molecular formula is C21H25BrN2O3S. The molecule has 0 radical (unpaired) electrons. The highest BCUT2D eigenvalue weighted by atomic mass is 79.9. The number of methoxy groups -OCH3 is 1. The maximum atomic E-state index is 12.4. The number of rotatable bonds is 9. The molecule has 0 saturated heterocycles. The number of amides is 1. The van der Waals surface area contributed by atoms with Crippen LogP contribution in [0.1, 0.15) is 43.0 Å². The second-order valence-electron chi connectivity index (χ2n) is 6.19. The van der Waals surface area contributed by atoms with Gasteiger partial charge in [-0.25, -0.2) is 0 Å².